The van der Waals surface area contributed by atoms with Crippen molar-refractivity contribution in [1.29, 1.82) is 0 Å². The second-order valence-electron chi connectivity index (χ2n) is 5.60. The molecule has 0 N–H and O–H groups in total. The molecule has 0 amide bonds. The highest BCUT2D eigenvalue weighted by Gasteiger charge is 2.20. The number of benzene rings is 1. The summed E-state index contributed by atoms with van der Waals surface area (Å²) in [6.45, 7) is 4.23. The Labute approximate surface area is 123 Å². The number of hydrogen-bond acceptors (Lipinski definition) is 1. The van der Waals surface area contributed by atoms with Gasteiger partial charge in [0.15, 0.2) is 0 Å². The molecule has 1 aliphatic rings. The molecule has 0 radical (unpaired) electrons. The summed E-state index contributed by atoms with van der Waals surface area (Å²) in [6, 6.07) is 8.65. The molecule has 0 aliphatic heterocycles. The lowest BCUT2D eigenvalue weighted by molar-refractivity contribution is 0.375. The van der Waals surface area contributed by atoms with Gasteiger partial charge in [-0.15, -0.1) is 0 Å². The van der Waals surface area contributed by atoms with Crippen LogP contribution in [0.1, 0.15) is 57.4 Å². The summed E-state index contributed by atoms with van der Waals surface area (Å²) >= 11 is 0. The predicted octanol–water partition coefficient (Wildman–Crippen LogP) is 5.84. The molecule has 0 unspecified atom stereocenters. The normalized spacial score (nSPS) is 23.5. The van der Waals surface area contributed by atoms with Crippen LogP contribution in [0.4, 0.5) is 0 Å². The molecule has 108 valence electrons. The minimum atomic E-state index is 0.733. The highest BCUT2D eigenvalue weighted by atomic mass is 16.5. The summed E-state index contributed by atoms with van der Waals surface area (Å²) in [5, 5.41) is 0. The minimum Gasteiger partial charge on any atom is -0.465 e. The van der Waals surface area contributed by atoms with Gasteiger partial charge in [-0.05, 0) is 74.6 Å². The summed E-state index contributed by atoms with van der Waals surface area (Å²) in [6.07, 6.45) is 14.6. The van der Waals surface area contributed by atoms with Crippen molar-refractivity contribution in [2.24, 2.45) is 5.92 Å². The van der Waals surface area contributed by atoms with Crippen LogP contribution < -0.4 is 4.74 Å². The molecule has 1 aliphatic carbocycles. The van der Waals surface area contributed by atoms with Crippen molar-refractivity contribution in [1.82, 2.24) is 0 Å². The maximum absolute atomic E-state index is 5.55. The summed E-state index contributed by atoms with van der Waals surface area (Å²) in [4.78, 5) is 0. The zero-order chi connectivity index (χ0) is 14.2. The quantitative estimate of drug-likeness (QED) is 0.482. The minimum absolute atomic E-state index is 0.733. The number of hydrogen-bond donors (Lipinski definition) is 0. The molecule has 1 fully saturated rings. The average molecular weight is 270 g/mol. The third kappa shape index (κ3) is 4.26. The zero-order valence-corrected chi connectivity index (χ0v) is 12.7. The van der Waals surface area contributed by atoms with Crippen LogP contribution in [0.5, 0.6) is 5.75 Å². The molecular formula is C19H26O. The lowest BCUT2D eigenvalue weighted by Crippen LogP contribution is -2.11. The van der Waals surface area contributed by atoms with Crippen molar-refractivity contribution >= 4 is 0 Å². The molecular weight excluding hydrogens is 244 g/mol. The third-order valence-electron chi connectivity index (χ3n) is 4.12. The van der Waals surface area contributed by atoms with Crippen LogP contribution in [0.3, 0.4) is 0 Å². The van der Waals surface area contributed by atoms with Crippen molar-refractivity contribution in [2.45, 2.75) is 51.9 Å². The summed E-state index contributed by atoms with van der Waals surface area (Å²) in [5.74, 6) is 2.47. The van der Waals surface area contributed by atoms with Crippen molar-refractivity contribution < 1.29 is 4.74 Å². The Morgan fingerprint density at radius 1 is 1.10 bits per heavy atom. The van der Waals surface area contributed by atoms with E-state index in [9.17, 15) is 0 Å². The molecule has 0 aromatic heterocycles. The second kappa shape index (κ2) is 7.94. The first kappa shape index (κ1) is 14.9. The molecule has 20 heavy (non-hydrogen) atoms. The number of allylic oxidation sites excluding steroid dienone is 3. The molecule has 0 spiro atoms. The average Bonchev–Trinajstić information content (AvgIpc) is 2.49. The van der Waals surface area contributed by atoms with Gasteiger partial charge >= 0.3 is 0 Å². The Morgan fingerprint density at radius 3 is 2.40 bits per heavy atom. The van der Waals surface area contributed by atoms with Crippen LogP contribution in [0.15, 0.2) is 48.8 Å². The van der Waals surface area contributed by atoms with Gasteiger partial charge in [0.2, 0.25) is 0 Å². The fourth-order valence-electron chi connectivity index (χ4n) is 2.96. The zero-order valence-electron chi connectivity index (χ0n) is 12.7. The summed E-state index contributed by atoms with van der Waals surface area (Å²) < 4.78 is 5.55. The van der Waals surface area contributed by atoms with Gasteiger partial charge in [0, 0.05) is 0 Å². The van der Waals surface area contributed by atoms with Gasteiger partial charge in [-0.25, -0.2) is 0 Å². The van der Waals surface area contributed by atoms with E-state index in [2.05, 4.69) is 50.3 Å². The van der Waals surface area contributed by atoms with Crippen LogP contribution in [-0.4, -0.2) is 0 Å². The van der Waals surface area contributed by atoms with Gasteiger partial charge in [0.1, 0.15) is 5.75 Å². The van der Waals surface area contributed by atoms with Gasteiger partial charge < -0.3 is 4.74 Å². The van der Waals surface area contributed by atoms with Crippen molar-refractivity contribution in [3.63, 3.8) is 0 Å². The molecule has 0 bridgehead atoms. The fraction of sp³-hybridized carbons (Fsp3) is 0.474. The maximum atomic E-state index is 5.55. The number of rotatable bonds is 5. The highest BCUT2D eigenvalue weighted by molar-refractivity contribution is 5.30. The van der Waals surface area contributed by atoms with Crippen LogP contribution in [0.2, 0.25) is 0 Å². The first-order valence-electron chi connectivity index (χ1n) is 7.88. The largest absolute Gasteiger partial charge is 0.465 e. The van der Waals surface area contributed by atoms with E-state index in [0.29, 0.717) is 0 Å². The maximum Gasteiger partial charge on any atom is 0.126 e. The number of ether oxygens (including phenoxy) is 1. The third-order valence-corrected chi connectivity index (χ3v) is 4.12. The van der Waals surface area contributed by atoms with Crippen molar-refractivity contribution in [3.8, 4) is 5.75 Å². The summed E-state index contributed by atoms with van der Waals surface area (Å²) in [5.41, 5.74) is 1.47. The second-order valence-corrected chi connectivity index (χ2v) is 5.60. The van der Waals surface area contributed by atoms with E-state index in [0.717, 1.165) is 24.0 Å². The van der Waals surface area contributed by atoms with Crippen LogP contribution in [0, 0.1) is 5.92 Å². The predicted molar refractivity (Wildman–Crippen MR) is 86.0 cm³/mol. The van der Waals surface area contributed by atoms with Gasteiger partial charge in [-0.1, -0.05) is 31.2 Å². The van der Waals surface area contributed by atoms with Gasteiger partial charge in [-0.3, -0.25) is 0 Å². The SMILES string of the molecule is C/C=C/[C@H]1CC[C@H](c2ccc(O/C=C/CC)cc2)CC1. The van der Waals surface area contributed by atoms with E-state index in [1.54, 1.807) is 6.26 Å². The molecule has 1 aromatic carbocycles. The Morgan fingerprint density at radius 2 is 1.80 bits per heavy atom. The molecule has 2 rings (SSSR count). The smallest absolute Gasteiger partial charge is 0.126 e. The van der Waals surface area contributed by atoms with Crippen LogP contribution in [0.25, 0.3) is 0 Å². The molecule has 0 atom stereocenters. The highest BCUT2D eigenvalue weighted by Crippen LogP contribution is 2.36. The Bertz CT molecular complexity index is 433. The first-order chi connectivity index (χ1) is 9.83. The monoisotopic (exact) mass is 270 g/mol. The lowest BCUT2D eigenvalue weighted by Gasteiger charge is -2.27. The fourth-order valence-corrected chi connectivity index (χ4v) is 2.96. The standard InChI is InChI=1S/C19H26O/c1-3-5-15-20-19-13-11-18(12-14-19)17-9-7-16(6-4-2)8-10-17/h4-6,11-17H,3,7-10H2,1-2H3/b6-4+,15-5+/t16-,17-. The van der Waals surface area contributed by atoms with Crippen LogP contribution >= 0.6 is 0 Å². The van der Waals surface area contributed by atoms with E-state index < -0.39 is 0 Å². The van der Waals surface area contributed by atoms with Crippen LogP contribution in [-0.2, 0) is 0 Å². The molecule has 0 saturated heterocycles. The first-order valence-corrected chi connectivity index (χ1v) is 7.88. The van der Waals surface area contributed by atoms with E-state index in [-0.39, 0.29) is 0 Å². The summed E-state index contributed by atoms with van der Waals surface area (Å²) in [7, 11) is 0. The Kier molecular flexibility index (Phi) is 5.91. The van der Waals surface area contributed by atoms with Crippen molar-refractivity contribution in [2.75, 3.05) is 0 Å². The molecule has 1 nitrogen and oxygen atoms in total. The van der Waals surface area contributed by atoms with Gasteiger partial charge in [0.25, 0.3) is 0 Å². The van der Waals surface area contributed by atoms with E-state index in [1.807, 2.05) is 6.08 Å². The molecule has 0 heterocycles. The van der Waals surface area contributed by atoms with E-state index >= 15 is 0 Å². The molecule has 1 aromatic rings. The molecule has 1 heteroatoms. The lowest BCUT2D eigenvalue weighted by atomic mass is 9.78. The Balaban J connectivity index is 1.89. The van der Waals surface area contributed by atoms with Crippen molar-refractivity contribution in [3.05, 3.63) is 54.3 Å². The van der Waals surface area contributed by atoms with E-state index in [4.69, 9.17) is 4.74 Å². The topological polar surface area (TPSA) is 9.23 Å². The van der Waals surface area contributed by atoms with Gasteiger partial charge in [-0.2, -0.15) is 0 Å². The molecule has 1 saturated carbocycles. The Hall–Kier alpha value is -1.50. The van der Waals surface area contributed by atoms with Gasteiger partial charge in [0.05, 0.1) is 6.26 Å². The van der Waals surface area contributed by atoms with E-state index in [1.165, 1.54) is 31.2 Å².